The van der Waals surface area contributed by atoms with E-state index in [0.717, 1.165) is 0 Å². The summed E-state index contributed by atoms with van der Waals surface area (Å²) in [6, 6.07) is 0. The molecule has 8 heavy (non-hydrogen) atoms. The molecule has 0 aromatic heterocycles. The topological polar surface area (TPSA) is 109 Å². The summed E-state index contributed by atoms with van der Waals surface area (Å²) in [4.78, 5) is 21.6. The molecule has 5 N–H and O–H groups in total. The summed E-state index contributed by atoms with van der Waals surface area (Å²) in [5.41, 5.74) is 0. The van der Waals surface area contributed by atoms with Crippen molar-refractivity contribution in [2.24, 2.45) is 0 Å². The molecule has 0 aliphatic carbocycles. The van der Waals surface area contributed by atoms with Gasteiger partial charge in [-0.15, -0.1) is 0 Å². The van der Waals surface area contributed by atoms with Crippen molar-refractivity contribution in [1.82, 2.24) is 0 Å². The molecule has 0 saturated carbocycles. The maximum absolute atomic E-state index is 8.88. The van der Waals surface area contributed by atoms with Crippen molar-refractivity contribution in [3.8, 4) is 0 Å². The average molecular weight is 372 g/mol. The van der Waals surface area contributed by atoms with Crippen molar-refractivity contribution in [2.45, 2.75) is 0 Å². The molecule has 5 nitrogen and oxygen atoms in total. The van der Waals surface area contributed by atoms with Gasteiger partial charge in [0.1, 0.15) is 0 Å². The minimum absolute atomic E-state index is 0. The minimum atomic E-state index is -4.64. The Hall–Kier alpha value is 2.42. The molecule has 55 valence electrons. The summed E-state index contributed by atoms with van der Waals surface area (Å²) in [6.45, 7) is 0. The molecule has 0 aromatic rings. The van der Waals surface area contributed by atoms with Crippen molar-refractivity contribution in [2.75, 3.05) is 0 Å². The van der Waals surface area contributed by atoms with Gasteiger partial charge in [0.2, 0.25) is 0 Å². The number of hydrogen-bond donors (Lipinski definition) is 3. The molecule has 0 aromatic carbocycles. The van der Waals surface area contributed by atoms with E-state index in [9.17, 15) is 0 Å². The van der Waals surface area contributed by atoms with Gasteiger partial charge in [-0.25, -0.2) is 4.57 Å². The van der Waals surface area contributed by atoms with Gasteiger partial charge in [0, 0.05) is 70.0 Å². The number of rotatable bonds is 0. The van der Waals surface area contributed by atoms with Gasteiger partial charge in [-0.3, -0.25) is 0 Å². The van der Waals surface area contributed by atoms with Crippen LogP contribution in [0.15, 0.2) is 0 Å². The predicted molar refractivity (Wildman–Crippen MR) is 17.9 cm³/mol. The van der Waals surface area contributed by atoms with Crippen LogP contribution in [0.25, 0.3) is 0 Å². The summed E-state index contributed by atoms with van der Waals surface area (Å²) in [7, 11) is -4.64. The van der Waals surface area contributed by atoms with Gasteiger partial charge in [-0.05, 0) is 0 Å². The Kier molecular flexibility index (Phi) is 26.4. The fourth-order valence-electron chi connectivity index (χ4n) is 0. The quantitative estimate of drug-likeness (QED) is 0.438. The van der Waals surface area contributed by atoms with Crippen LogP contribution in [0.3, 0.4) is 0 Å². The number of hydrogen-bond acceptors (Lipinski definition) is 1. The molecule has 0 atom stereocenters. The van der Waals surface area contributed by atoms with Crippen LogP contribution in [-0.4, -0.2) is 20.2 Å². The van der Waals surface area contributed by atoms with E-state index in [4.69, 9.17) is 19.2 Å². The van der Waals surface area contributed by atoms with Crippen LogP contribution in [0, 0.1) is 37.3 Å². The van der Waals surface area contributed by atoms with E-state index in [2.05, 4.69) is 0 Å². The van der Waals surface area contributed by atoms with Crippen LogP contribution in [0.1, 0.15) is 0 Å². The molecular formula is H5ErO5PY. The zero-order valence-electron chi connectivity index (χ0n) is 3.56. The van der Waals surface area contributed by atoms with E-state index in [-0.39, 0.29) is 75.5 Å². The van der Waals surface area contributed by atoms with E-state index in [1.165, 1.54) is 0 Å². The second kappa shape index (κ2) is 9.42. The van der Waals surface area contributed by atoms with E-state index in [1.54, 1.807) is 0 Å². The minimum Gasteiger partial charge on any atom is -0.412 e. The molecule has 0 spiro atoms. The third kappa shape index (κ3) is 79.1. The normalized spacial score (nSPS) is 7.38. The second-order valence-corrected chi connectivity index (χ2v) is 1.54. The van der Waals surface area contributed by atoms with Gasteiger partial charge in [0.25, 0.3) is 0 Å². The summed E-state index contributed by atoms with van der Waals surface area (Å²) in [6.07, 6.45) is 0. The number of phosphoric acid groups is 1. The Morgan fingerprint density at radius 2 is 1.12 bits per heavy atom. The molecule has 0 rings (SSSR count). The first-order valence-corrected chi connectivity index (χ1v) is 2.35. The smallest absolute Gasteiger partial charge is 0.412 e. The first-order chi connectivity index (χ1) is 2.00. The summed E-state index contributed by atoms with van der Waals surface area (Å²) in [5.74, 6) is 0. The van der Waals surface area contributed by atoms with Gasteiger partial charge in [0.15, 0.2) is 0 Å². The molecule has 0 fully saturated rings. The Bertz CT molecular complexity index is 58.6. The predicted octanol–water partition coefficient (Wildman–Crippen LogP) is -1.76. The van der Waals surface area contributed by atoms with E-state index < -0.39 is 7.82 Å². The van der Waals surface area contributed by atoms with Gasteiger partial charge in [0.05, 0.1) is 0 Å². The molecule has 1 radical (unpaired) electrons. The van der Waals surface area contributed by atoms with Crippen LogP contribution >= 0.6 is 7.82 Å². The zero-order valence-corrected chi connectivity index (χ0v) is 9.15. The molecule has 0 bridgehead atoms. The third-order valence-corrected chi connectivity index (χ3v) is 0. The fourth-order valence-corrected chi connectivity index (χ4v) is 0. The second-order valence-electron chi connectivity index (χ2n) is 0.513. The van der Waals surface area contributed by atoms with Crippen LogP contribution in [-0.2, 0) is 37.3 Å². The molecule has 0 amide bonds. The molecule has 0 unspecified atom stereocenters. The zero-order chi connectivity index (χ0) is 4.50. The van der Waals surface area contributed by atoms with Gasteiger partial charge < -0.3 is 20.2 Å². The van der Waals surface area contributed by atoms with Gasteiger partial charge in [-0.1, -0.05) is 0 Å². The van der Waals surface area contributed by atoms with Crippen molar-refractivity contribution in [3.63, 3.8) is 0 Å². The Morgan fingerprint density at radius 1 is 1.12 bits per heavy atom. The summed E-state index contributed by atoms with van der Waals surface area (Å²) < 4.78 is 8.88. The average Bonchev–Trinajstić information content (AvgIpc) is 0.722. The van der Waals surface area contributed by atoms with Crippen molar-refractivity contribution < 1.29 is 94.7 Å². The Labute approximate surface area is 101 Å². The third-order valence-electron chi connectivity index (χ3n) is 0. The van der Waals surface area contributed by atoms with Gasteiger partial charge in [-0.2, -0.15) is 0 Å². The standard InChI is InChI=1S/Er.H3O4P.H2O.Y/c;1-5(2,3)4;;/h;(H3,1,2,3,4);1H2;. The SMILES string of the molecule is O.O=P(O)(O)O.[Er].[Y]. The molecule has 8 heteroatoms. The summed E-state index contributed by atoms with van der Waals surface area (Å²) in [5, 5.41) is 0. The van der Waals surface area contributed by atoms with Crippen molar-refractivity contribution >= 4 is 7.82 Å². The Morgan fingerprint density at radius 3 is 1.12 bits per heavy atom. The van der Waals surface area contributed by atoms with Crippen molar-refractivity contribution in [1.29, 1.82) is 0 Å². The first-order valence-electron chi connectivity index (χ1n) is 0.783. The van der Waals surface area contributed by atoms with Crippen molar-refractivity contribution in [3.05, 3.63) is 0 Å². The largest absolute Gasteiger partial charge is 0.466 e. The monoisotopic (exact) mass is 371 g/mol. The van der Waals surface area contributed by atoms with Crippen LogP contribution in [0.2, 0.25) is 0 Å². The molecular weight excluding hydrogens is 367 g/mol. The van der Waals surface area contributed by atoms with Crippen LogP contribution in [0.4, 0.5) is 0 Å². The van der Waals surface area contributed by atoms with E-state index in [0.29, 0.717) is 0 Å². The van der Waals surface area contributed by atoms with Gasteiger partial charge >= 0.3 is 7.82 Å². The van der Waals surface area contributed by atoms with Crippen LogP contribution in [0.5, 0.6) is 0 Å². The maximum Gasteiger partial charge on any atom is 0.466 e. The first kappa shape index (κ1) is 22.4. The molecule has 0 aliphatic rings. The van der Waals surface area contributed by atoms with E-state index >= 15 is 0 Å². The fraction of sp³-hybridized carbons (Fsp3) is 0. The summed E-state index contributed by atoms with van der Waals surface area (Å²) >= 11 is 0. The maximum atomic E-state index is 8.88. The Balaban J connectivity index is -0.0000000267. The molecule has 0 saturated heterocycles. The molecule has 0 aliphatic heterocycles. The van der Waals surface area contributed by atoms with Crippen LogP contribution < -0.4 is 0 Å². The van der Waals surface area contributed by atoms with E-state index in [1.807, 2.05) is 0 Å². The molecule has 0 heterocycles.